The lowest BCUT2D eigenvalue weighted by Crippen LogP contribution is -1.93. The summed E-state index contributed by atoms with van der Waals surface area (Å²) in [6, 6.07) is 9.99. The van der Waals surface area contributed by atoms with Gasteiger partial charge in [-0.1, -0.05) is 18.2 Å². The van der Waals surface area contributed by atoms with Gasteiger partial charge in [0, 0.05) is 11.6 Å². The van der Waals surface area contributed by atoms with E-state index < -0.39 is 0 Å². The number of anilines is 2. The Balaban J connectivity index is 2.06. The molecule has 0 spiro atoms. The van der Waals surface area contributed by atoms with Crippen molar-refractivity contribution in [3.05, 3.63) is 55.2 Å². The Kier molecular flexibility index (Phi) is 2.38. The van der Waals surface area contributed by atoms with Crippen LogP contribution in [-0.4, -0.2) is 15.0 Å². The van der Waals surface area contributed by atoms with Gasteiger partial charge >= 0.3 is 0 Å². The van der Waals surface area contributed by atoms with E-state index in [2.05, 4.69) is 20.3 Å². The van der Waals surface area contributed by atoms with Crippen LogP contribution in [-0.2, 0) is 0 Å². The number of rotatable bonds is 2. The van der Waals surface area contributed by atoms with Gasteiger partial charge in [-0.25, -0.2) is 9.97 Å². The molecule has 2 aromatic heterocycles. The Morgan fingerprint density at radius 3 is 2.65 bits per heavy atom. The van der Waals surface area contributed by atoms with Gasteiger partial charge in [-0.3, -0.25) is 4.98 Å². The third-order valence-electron chi connectivity index (χ3n) is 2.47. The van der Waals surface area contributed by atoms with Crippen molar-refractivity contribution in [3.63, 3.8) is 0 Å². The van der Waals surface area contributed by atoms with Gasteiger partial charge < -0.3 is 5.32 Å². The Morgan fingerprint density at radius 2 is 1.76 bits per heavy atom. The van der Waals surface area contributed by atoms with Gasteiger partial charge in [-0.15, -0.1) is 0 Å². The molecule has 4 nitrogen and oxygen atoms in total. The molecule has 0 aliphatic rings. The number of fused-ring (bicyclic) bond motifs is 1. The van der Waals surface area contributed by atoms with Crippen molar-refractivity contribution in [1.29, 1.82) is 0 Å². The van der Waals surface area contributed by atoms with Gasteiger partial charge in [0.2, 0.25) is 0 Å². The minimum absolute atomic E-state index is 0.852. The molecule has 2 heterocycles. The lowest BCUT2D eigenvalue weighted by molar-refractivity contribution is 1.17. The number of benzene rings is 1. The number of pyridine rings is 1. The Morgan fingerprint density at radius 1 is 0.941 bits per heavy atom. The summed E-state index contributed by atoms with van der Waals surface area (Å²) in [4.78, 5) is 12.3. The first-order chi connectivity index (χ1) is 8.43. The molecular formula is C13H10N4. The average molecular weight is 222 g/mol. The van der Waals surface area contributed by atoms with Crippen molar-refractivity contribution in [3.8, 4) is 0 Å². The first-order valence-electron chi connectivity index (χ1n) is 5.29. The van der Waals surface area contributed by atoms with Crippen LogP contribution in [0.4, 0.5) is 11.4 Å². The standard InChI is InChI=1S/C13H10N4/c1-3-10-4-2-6-16-13(10)12(5-1)17-11-7-14-9-15-8-11/h1-9,17H. The highest BCUT2D eigenvalue weighted by Gasteiger charge is 2.01. The van der Waals surface area contributed by atoms with E-state index in [0.717, 1.165) is 22.3 Å². The Hall–Kier alpha value is -2.49. The molecule has 0 aliphatic carbocycles. The second-order valence-corrected chi connectivity index (χ2v) is 3.63. The molecule has 0 saturated heterocycles. The molecule has 0 atom stereocenters. The normalized spacial score (nSPS) is 10.4. The molecule has 3 aromatic rings. The zero-order valence-electron chi connectivity index (χ0n) is 9.04. The number of hydrogen-bond donors (Lipinski definition) is 1. The predicted molar refractivity (Wildman–Crippen MR) is 67.1 cm³/mol. The van der Waals surface area contributed by atoms with E-state index in [9.17, 15) is 0 Å². The lowest BCUT2D eigenvalue weighted by atomic mass is 10.2. The number of nitrogens with one attached hydrogen (secondary N) is 1. The fraction of sp³-hybridized carbons (Fsp3) is 0. The summed E-state index contributed by atoms with van der Waals surface area (Å²) in [5.74, 6) is 0. The van der Waals surface area contributed by atoms with Crippen molar-refractivity contribution < 1.29 is 0 Å². The highest BCUT2D eigenvalue weighted by Crippen LogP contribution is 2.23. The number of para-hydroxylation sites is 1. The third kappa shape index (κ3) is 1.92. The number of nitrogens with zero attached hydrogens (tertiary/aromatic N) is 3. The second kappa shape index (κ2) is 4.17. The third-order valence-corrected chi connectivity index (χ3v) is 2.47. The van der Waals surface area contributed by atoms with E-state index in [-0.39, 0.29) is 0 Å². The van der Waals surface area contributed by atoms with E-state index in [0.29, 0.717) is 0 Å². The van der Waals surface area contributed by atoms with Crippen molar-refractivity contribution in [2.24, 2.45) is 0 Å². The maximum Gasteiger partial charge on any atom is 0.115 e. The summed E-state index contributed by atoms with van der Waals surface area (Å²) in [6.45, 7) is 0. The molecule has 0 radical (unpaired) electrons. The molecule has 82 valence electrons. The van der Waals surface area contributed by atoms with Gasteiger partial charge in [-0.2, -0.15) is 0 Å². The van der Waals surface area contributed by atoms with Gasteiger partial charge in [0.15, 0.2) is 0 Å². The van der Waals surface area contributed by atoms with Crippen LogP contribution in [0.1, 0.15) is 0 Å². The minimum atomic E-state index is 0.852. The molecule has 4 heteroatoms. The van der Waals surface area contributed by atoms with Gasteiger partial charge in [-0.05, 0) is 12.1 Å². The smallest absolute Gasteiger partial charge is 0.115 e. The van der Waals surface area contributed by atoms with Crippen molar-refractivity contribution in [1.82, 2.24) is 15.0 Å². The van der Waals surface area contributed by atoms with Gasteiger partial charge in [0.25, 0.3) is 0 Å². The topological polar surface area (TPSA) is 50.7 Å². The molecule has 0 amide bonds. The quantitative estimate of drug-likeness (QED) is 0.724. The minimum Gasteiger partial charge on any atom is -0.351 e. The lowest BCUT2D eigenvalue weighted by Gasteiger charge is -2.07. The van der Waals surface area contributed by atoms with E-state index in [1.54, 1.807) is 18.6 Å². The van der Waals surface area contributed by atoms with Crippen LogP contribution in [0.2, 0.25) is 0 Å². The molecule has 1 N–H and O–H groups in total. The summed E-state index contributed by atoms with van der Waals surface area (Å²) in [7, 11) is 0. The number of aromatic nitrogens is 3. The molecule has 0 bridgehead atoms. The summed E-state index contributed by atoms with van der Waals surface area (Å²) < 4.78 is 0. The van der Waals surface area contributed by atoms with Gasteiger partial charge in [0.05, 0.1) is 29.3 Å². The fourth-order valence-corrected chi connectivity index (χ4v) is 1.72. The summed E-state index contributed by atoms with van der Waals surface area (Å²) in [5, 5.41) is 4.37. The summed E-state index contributed by atoms with van der Waals surface area (Å²) in [6.07, 6.45) is 6.76. The van der Waals surface area contributed by atoms with E-state index in [1.807, 2.05) is 30.3 Å². The van der Waals surface area contributed by atoms with Crippen LogP contribution in [0.15, 0.2) is 55.2 Å². The molecule has 17 heavy (non-hydrogen) atoms. The van der Waals surface area contributed by atoms with Crippen LogP contribution >= 0.6 is 0 Å². The maximum atomic E-state index is 4.37. The average Bonchev–Trinajstić information content (AvgIpc) is 2.40. The largest absolute Gasteiger partial charge is 0.351 e. The second-order valence-electron chi connectivity index (χ2n) is 3.63. The zero-order chi connectivity index (χ0) is 11.5. The molecular weight excluding hydrogens is 212 g/mol. The fourth-order valence-electron chi connectivity index (χ4n) is 1.72. The van der Waals surface area contributed by atoms with Gasteiger partial charge in [0.1, 0.15) is 6.33 Å². The van der Waals surface area contributed by atoms with Crippen LogP contribution < -0.4 is 5.32 Å². The van der Waals surface area contributed by atoms with Crippen molar-refractivity contribution in [2.75, 3.05) is 5.32 Å². The molecule has 3 rings (SSSR count). The van der Waals surface area contributed by atoms with Crippen LogP contribution in [0.5, 0.6) is 0 Å². The highest BCUT2D eigenvalue weighted by molar-refractivity contribution is 5.91. The van der Waals surface area contributed by atoms with E-state index in [1.165, 1.54) is 6.33 Å². The van der Waals surface area contributed by atoms with Crippen LogP contribution in [0.3, 0.4) is 0 Å². The SMILES string of the molecule is c1cnc2c(Nc3cncnc3)cccc2c1. The van der Waals surface area contributed by atoms with Crippen LogP contribution in [0.25, 0.3) is 10.9 Å². The Labute approximate surface area is 98.4 Å². The molecule has 0 unspecified atom stereocenters. The predicted octanol–water partition coefficient (Wildman–Crippen LogP) is 2.77. The molecule has 1 aromatic carbocycles. The monoisotopic (exact) mass is 222 g/mol. The summed E-state index contributed by atoms with van der Waals surface area (Å²) >= 11 is 0. The first kappa shape index (κ1) is 9.72. The molecule has 0 aliphatic heterocycles. The zero-order valence-corrected chi connectivity index (χ0v) is 9.04. The molecule has 0 fully saturated rings. The van der Waals surface area contributed by atoms with Crippen LogP contribution in [0, 0.1) is 0 Å². The molecule has 0 saturated carbocycles. The van der Waals surface area contributed by atoms with E-state index >= 15 is 0 Å². The number of hydrogen-bond acceptors (Lipinski definition) is 4. The highest BCUT2D eigenvalue weighted by atomic mass is 14.9. The van der Waals surface area contributed by atoms with Crippen molar-refractivity contribution in [2.45, 2.75) is 0 Å². The summed E-state index contributed by atoms with van der Waals surface area (Å²) in [5.41, 5.74) is 2.75. The van der Waals surface area contributed by atoms with E-state index in [4.69, 9.17) is 0 Å². The first-order valence-corrected chi connectivity index (χ1v) is 5.29. The maximum absolute atomic E-state index is 4.37. The Bertz CT molecular complexity index is 632. The van der Waals surface area contributed by atoms with Crippen molar-refractivity contribution >= 4 is 22.3 Å².